The number of nitrogens with zero attached hydrogens (tertiary/aromatic N) is 2. The van der Waals surface area contributed by atoms with Gasteiger partial charge in [-0.05, 0) is 60.5 Å². The number of thiazole rings is 1. The predicted octanol–water partition coefficient (Wildman–Crippen LogP) is 5.37. The highest BCUT2D eigenvalue weighted by Gasteiger charge is 2.22. The van der Waals surface area contributed by atoms with Crippen LogP contribution in [0.5, 0.6) is 0 Å². The molecule has 1 amide bonds. The van der Waals surface area contributed by atoms with E-state index in [1.807, 2.05) is 35.9 Å². The molecule has 0 bridgehead atoms. The number of sulfone groups is 1. The number of carbonyl (C=O) groups is 1. The molecule has 0 N–H and O–H groups in total. The maximum atomic E-state index is 13.4. The zero-order valence-corrected chi connectivity index (χ0v) is 20.2. The first-order valence-corrected chi connectivity index (χ1v) is 14.3. The zero-order valence-electron chi connectivity index (χ0n) is 16.9. The van der Waals surface area contributed by atoms with Crippen LogP contribution in [0, 0.1) is 0 Å². The minimum Gasteiger partial charge on any atom is -0.284 e. The molecule has 4 rings (SSSR count). The number of benzene rings is 2. The van der Waals surface area contributed by atoms with E-state index in [9.17, 15) is 13.2 Å². The topological polar surface area (TPSA) is 67.3 Å². The maximum absolute atomic E-state index is 13.4. The fraction of sp³-hybridized carbons (Fsp3) is 0.182. The smallest absolute Gasteiger partial charge is 0.260 e. The van der Waals surface area contributed by atoms with Gasteiger partial charge in [-0.2, -0.15) is 0 Å². The van der Waals surface area contributed by atoms with E-state index in [1.165, 1.54) is 28.3 Å². The van der Waals surface area contributed by atoms with Crippen LogP contribution < -0.4 is 4.90 Å². The Morgan fingerprint density at radius 1 is 1.10 bits per heavy atom. The number of rotatable bonds is 7. The van der Waals surface area contributed by atoms with Crippen molar-refractivity contribution < 1.29 is 13.2 Å². The molecular formula is C22H20N2O3S4. The van der Waals surface area contributed by atoms with Gasteiger partial charge in [-0.3, -0.25) is 9.69 Å². The van der Waals surface area contributed by atoms with Crippen LogP contribution >= 0.6 is 34.4 Å². The Labute approximate surface area is 193 Å². The van der Waals surface area contributed by atoms with Crippen LogP contribution in [0.1, 0.15) is 15.2 Å². The number of amides is 1. The zero-order chi connectivity index (χ0) is 22.0. The molecule has 0 spiro atoms. The molecule has 0 aliphatic carbocycles. The highest BCUT2D eigenvalue weighted by Crippen LogP contribution is 2.35. The van der Waals surface area contributed by atoms with Gasteiger partial charge < -0.3 is 0 Å². The summed E-state index contributed by atoms with van der Waals surface area (Å²) < 4.78 is 24.5. The van der Waals surface area contributed by atoms with E-state index in [0.29, 0.717) is 17.2 Å². The molecule has 160 valence electrons. The molecule has 0 aliphatic rings. The number of hydrogen-bond donors (Lipinski definition) is 0. The van der Waals surface area contributed by atoms with Crippen molar-refractivity contribution in [3.8, 4) is 0 Å². The van der Waals surface area contributed by atoms with Gasteiger partial charge in [0.2, 0.25) is 0 Å². The number of thiophene rings is 1. The summed E-state index contributed by atoms with van der Waals surface area (Å²) in [5.74, 6) is -0.193. The van der Waals surface area contributed by atoms with E-state index in [1.54, 1.807) is 40.1 Å². The molecule has 0 atom stereocenters. The first kappa shape index (κ1) is 22.0. The Kier molecular flexibility index (Phi) is 6.47. The lowest BCUT2D eigenvalue weighted by molar-refractivity contribution is 0.0987. The van der Waals surface area contributed by atoms with E-state index >= 15 is 0 Å². The first-order chi connectivity index (χ1) is 14.9. The second-order valence-electron chi connectivity index (χ2n) is 6.89. The lowest BCUT2D eigenvalue weighted by Gasteiger charge is -2.20. The molecule has 2 aromatic carbocycles. The van der Waals surface area contributed by atoms with E-state index in [-0.39, 0.29) is 10.8 Å². The molecule has 2 aromatic heterocycles. The Morgan fingerprint density at radius 2 is 1.87 bits per heavy atom. The fourth-order valence-corrected chi connectivity index (χ4v) is 6.13. The molecule has 0 radical (unpaired) electrons. The molecule has 0 fully saturated rings. The highest BCUT2D eigenvalue weighted by atomic mass is 32.2. The minimum absolute atomic E-state index is 0.193. The molecule has 0 unspecified atom stereocenters. The van der Waals surface area contributed by atoms with Crippen LogP contribution in [-0.2, 0) is 16.3 Å². The SMILES string of the molecule is CSc1cccc2sc(N(CCc3cccs3)C(=O)c3ccc(S(C)(=O)=O)cc3)nc12. The third-order valence-electron chi connectivity index (χ3n) is 4.76. The lowest BCUT2D eigenvalue weighted by atomic mass is 10.2. The molecule has 31 heavy (non-hydrogen) atoms. The third-order valence-corrected chi connectivity index (χ3v) is 8.64. The van der Waals surface area contributed by atoms with Gasteiger partial charge in [-0.1, -0.05) is 23.5 Å². The fourth-order valence-electron chi connectivity index (χ4n) is 3.15. The average Bonchev–Trinajstić information content (AvgIpc) is 3.42. The lowest BCUT2D eigenvalue weighted by Crippen LogP contribution is -2.32. The third kappa shape index (κ3) is 4.85. The van der Waals surface area contributed by atoms with Gasteiger partial charge in [0.25, 0.3) is 5.91 Å². The molecular weight excluding hydrogens is 469 g/mol. The van der Waals surface area contributed by atoms with Crippen molar-refractivity contribution in [2.24, 2.45) is 0 Å². The van der Waals surface area contributed by atoms with Crippen LogP contribution in [0.3, 0.4) is 0 Å². The Bertz CT molecular complexity index is 1310. The summed E-state index contributed by atoms with van der Waals surface area (Å²) in [5.41, 5.74) is 1.33. The Hall–Kier alpha value is -2.20. The predicted molar refractivity (Wildman–Crippen MR) is 131 cm³/mol. The maximum Gasteiger partial charge on any atom is 0.260 e. The van der Waals surface area contributed by atoms with Crippen LogP contribution in [0.25, 0.3) is 10.2 Å². The normalized spacial score (nSPS) is 11.7. The van der Waals surface area contributed by atoms with Crippen LogP contribution in [0.4, 0.5) is 5.13 Å². The minimum atomic E-state index is -3.32. The average molecular weight is 489 g/mol. The summed E-state index contributed by atoms with van der Waals surface area (Å²) in [5, 5.41) is 2.67. The van der Waals surface area contributed by atoms with Gasteiger partial charge in [0, 0.05) is 28.1 Å². The number of para-hydroxylation sites is 1. The summed E-state index contributed by atoms with van der Waals surface area (Å²) in [6.45, 7) is 0.488. The molecule has 0 saturated carbocycles. The van der Waals surface area contributed by atoms with Crippen molar-refractivity contribution in [2.45, 2.75) is 16.2 Å². The number of thioether (sulfide) groups is 1. The first-order valence-electron chi connectivity index (χ1n) is 9.45. The largest absolute Gasteiger partial charge is 0.284 e. The van der Waals surface area contributed by atoms with Crippen LogP contribution in [0.15, 0.2) is 69.8 Å². The summed E-state index contributed by atoms with van der Waals surface area (Å²) >= 11 is 4.78. The quantitative estimate of drug-likeness (QED) is 0.327. The van der Waals surface area contributed by atoms with E-state index < -0.39 is 9.84 Å². The molecule has 0 aliphatic heterocycles. The van der Waals surface area contributed by atoms with Gasteiger partial charge in [-0.25, -0.2) is 13.4 Å². The van der Waals surface area contributed by atoms with Gasteiger partial charge in [0.05, 0.1) is 15.1 Å². The van der Waals surface area contributed by atoms with Crippen molar-refractivity contribution in [1.29, 1.82) is 0 Å². The second kappa shape index (κ2) is 9.12. The number of carbonyl (C=O) groups excluding carboxylic acids is 1. The van der Waals surface area contributed by atoms with Gasteiger partial charge in [-0.15, -0.1) is 23.1 Å². The highest BCUT2D eigenvalue weighted by molar-refractivity contribution is 7.98. The van der Waals surface area contributed by atoms with Crippen LogP contribution in [0.2, 0.25) is 0 Å². The van der Waals surface area contributed by atoms with Crippen molar-refractivity contribution >= 4 is 65.5 Å². The summed E-state index contributed by atoms with van der Waals surface area (Å²) in [6.07, 6.45) is 3.88. The number of anilines is 1. The molecule has 0 saturated heterocycles. The monoisotopic (exact) mass is 488 g/mol. The number of hydrogen-bond acceptors (Lipinski definition) is 7. The van der Waals surface area contributed by atoms with Gasteiger partial charge in [0.15, 0.2) is 15.0 Å². The van der Waals surface area contributed by atoms with Gasteiger partial charge in [0.1, 0.15) is 0 Å². The summed E-state index contributed by atoms with van der Waals surface area (Å²) in [4.78, 5) is 22.4. The van der Waals surface area contributed by atoms with E-state index in [0.717, 1.165) is 27.8 Å². The number of aromatic nitrogens is 1. The Balaban J connectivity index is 1.71. The van der Waals surface area contributed by atoms with Crippen molar-refractivity contribution in [1.82, 2.24) is 4.98 Å². The van der Waals surface area contributed by atoms with Crippen LogP contribution in [-0.4, -0.2) is 38.4 Å². The summed E-state index contributed by atoms with van der Waals surface area (Å²) in [7, 11) is -3.32. The van der Waals surface area contributed by atoms with Crippen molar-refractivity contribution in [3.05, 3.63) is 70.4 Å². The molecule has 9 heteroatoms. The Morgan fingerprint density at radius 3 is 2.52 bits per heavy atom. The van der Waals surface area contributed by atoms with E-state index in [2.05, 4.69) is 6.07 Å². The summed E-state index contributed by atoms with van der Waals surface area (Å²) in [6, 6.07) is 16.2. The van der Waals surface area contributed by atoms with Crippen molar-refractivity contribution in [3.63, 3.8) is 0 Å². The molecule has 2 heterocycles. The molecule has 5 nitrogen and oxygen atoms in total. The van der Waals surface area contributed by atoms with Gasteiger partial charge >= 0.3 is 0 Å². The number of fused-ring (bicyclic) bond motifs is 1. The standard InChI is InChI=1S/C22H20N2O3S4/c1-28-18-6-3-7-19-20(18)23-22(30-19)24(13-12-16-5-4-14-29-16)21(25)15-8-10-17(11-9-15)31(2,26)27/h3-11,14H,12-13H2,1-2H3. The molecule has 4 aromatic rings. The van der Waals surface area contributed by atoms with E-state index in [4.69, 9.17) is 4.98 Å². The van der Waals surface area contributed by atoms with Crippen molar-refractivity contribution in [2.75, 3.05) is 24.0 Å². The second-order valence-corrected chi connectivity index (χ2v) is 11.8.